The molecule has 1 unspecified atom stereocenters. The number of amides is 1. The molecule has 2 aromatic carbocycles. The molecular formula is C22H23ClN4O3. The molecule has 1 N–H and O–H groups in total. The lowest BCUT2D eigenvalue weighted by molar-refractivity contribution is 0.0929. The van der Waals surface area contributed by atoms with Crippen molar-refractivity contribution in [2.24, 2.45) is 0 Å². The van der Waals surface area contributed by atoms with E-state index in [0.29, 0.717) is 22.7 Å². The molecule has 8 heteroatoms. The molecule has 0 fully saturated rings. The molecule has 0 bridgehead atoms. The molecule has 3 rings (SSSR count). The molecule has 0 saturated carbocycles. The summed E-state index contributed by atoms with van der Waals surface area (Å²) in [6.45, 7) is 5.64. The maximum atomic E-state index is 13.1. The Morgan fingerprint density at radius 3 is 2.50 bits per heavy atom. The van der Waals surface area contributed by atoms with E-state index in [9.17, 15) is 14.4 Å². The summed E-state index contributed by atoms with van der Waals surface area (Å²) in [5.41, 5.74) is 0.416. The van der Waals surface area contributed by atoms with Crippen molar-refractivity contribution in [3.63, 3.8) is 0 Å². The quantitative estimate of drug-likeness (QED) is 0.656. The van der Waals surface area contributed by atoms with Gasteiger partial charge >= 0.3 is 5.69 Å². The summed E-state index contributed by atoms with van der Waals surface area (Å²) in [5.74, 6) is -0.616. The minimum Gasteiger partial charge on any atom is -0.348 e. The topological polar surface area (TPSA) is 86.0 Å². The second-order valence-electron chi connectivity index (χ2n) is 7.18. The Kier molecular flexibility index (Phi) is 6.52. The van der Waals surface area contributed by atoms with Gasteiger partial charge in [-0.3, -0.25) is 14.2 Å². The number of carbonyl (C=O) groups is 1. The van der Waals surface area contributed by atoms with E-state index in [-0.39, 0.29) is 18.3 Å². The maximum Gasteiger partial charge on any atom is 0.352 e. The van der Waals surface area contributed by atoms with Gasteiger partial charge < -0.3 is 5.32 Å². The maximum absolute atomic E-state index is 13.1. The molecule has 7 nitrogen and oxygen atoms in total. The van der Waals surface area contributed by atoms with Crippen LogP contribution in [0.25, 0.3) is 5.69 Å². The highest BCUT2D eigenvalue weighted by atomic mass is 35.5. The third-order valence-corrected chi connectivity index (χ3v) is 5.01. The number of aryl methyl sites for hydroxylation is 1. The summed E-state index contributed by atoms with van der Waals surface area (Å²) in [7, 11) is 0. The number of hydrogen-bond donors (Lipinski definition) is 1. The van der Waals surface area contributed by atoms with Gasteiger partial charge in [0.2, 0.25) is 5.69 Å². The average molecular weight is 427 g/mol. The van der Waals surface area contributed by atoms with Crippen LogP contribution in [0.5, 0.6) is 0 Å². The van der Waals surface area contributed by atoms with E-state index in [1.165, 1.54) is 0 Å². The molecule has 0 radical (unpaired) electrons. The Hall–Kier alpha value is -3.19. The van der Waals surface area contributed by atoms with Crippen LogP contribution in [0.4, 0.5) is 0 Å². The van der Waals surface area contributed by atoms with Crippen LogP contribution < -0.4 is 16.6 Å². The fraction of sp³-hybridized carbons (Fsp3) is 0.273. The van der Waals surface area contributed by atoms with E-state index < -0.39 is 17.2 Å². The van der Waals surface area contributed by atoms with Gasteiger partial charge in [0.05, 0.1) is 12.2 Å². The molecular weight excluding hydrogens is 404 g/mol. The summed E-state index contributed by atoms with van der Waals surface area (Å²) in [5, 5.41) is 7.34. The first-order chi connectivity index (χ1) is 14.3. The van der Waals surface area contributed by atoms with Gasteiger partial charge in [-0.1, -0.05) is 48.4 Å². The largest absolute Gasteiger partial charge is 0.352 e. The minimum absolute atomic E-state index is 0.0315. The van der Waals surface area contributed by atoms with Gasteiger partial charge in [0.15, 0.2) is 0 Å². The second kappa shape index (κ2) is 9.09. The van der Waals surface area contributed by atoms with Crippen LogP contribution in [-0.2, 0) is 6.54 Å². The van der Waals surface area contributed by atoms with Gasteiger partial charge in [-0.05, 0) is 50.1 Å². The number of halogens is 1. The van der Waals surface area contributed by atoms with Crippen LogP contribution in [0.2, 0.25) is 5.02 Å². The molecule has 1 atom stereocenters. The SMILES string of the molecule is CCC(C)NC(=O)c1nn(-c2ccc(C)cc2)c(=O)n(Cc2cccc(Cl)c2)c1=O. The smallest absolute Gasteiger partial charge is 0.348 e. The van der Waals surface area contributed by atoms with E-state index in [2.05, 4.69) is 10.4 Å². The van der Waals surface area contributed by atoms with Gasteiger partial charge in [0.25, 0.3) is 11.5 Å². The molecule has 0 aliphatic carbocycles. The first-order valence-corrected chi connectivity index (χ1v) is 10.0. The molecule has 0 saturated heterocycles. The Morgan fingerprint density at radius 2 is 1.87 bits per heavy atom. The number of aromatic nitrogens is 3. The van der Waals surface area contributed by atoms with Crippen LogP contribution in [0.1, 0.15) is 41.9 Å². The molecule has 1 heterocycles. The first kappa shape index (κ1) is 21.5. The van der Waals surface area contributed by atoms with Crippen molar-refractivity contribution >= 4 is 17.5 Å². The Labute approximate surface area is 178 Å². The number of carbonyl (C=O) groups excluding carboxylic acids is 1. The summed E-state index contributed by atoms with van der Waals surface area (Å²) >= 11 is 6.04. The summed E-state index contributed by atoms with van der Waals surface area (Å²) in [4.78, 5) is 38.9. The number of nitrogens with zero attached hydrogens (tertiary/aromatic N) is 3. The zero-order valence-electron chi connectivity index (χ0n) is 17.1. The van der Waals surface area contributed by atoms with Crippen LogP contribution >= 0.6 is 11.6 Å². The summed E-state index contributed by atoms with van der Waals surface area (Å²) < 4.78 is 2.08. The standard InChI is InChI=1S/C22H23ClN4O3/c1-4-15(3)24-20(28)19-21(29)26(13-16-6-5-7-17(23)12-16)22(30)27(25-19)18-10-8-14(2)9-11-18/h5-12,15H,4,13H2,1-3H3,(H,24,28). The lowest BCUT2D eigenvalue weighted by Crippen LogP contribution is -2.47. The average Bonchev–Trinajstić information content (AvgIpc) is 2.72. The van der Waals surface area contributed by atoms with E-state index in [0.717, 1.165) is 14.8 Å². The predicted octanol–water partition coefficient (Wildman–Crippen LogP) is 2.93. The van der Waals surface area contributed by atoms with Crippen molar-refractivity contribution in [3.8, 4) is 5.69 Å². The highest BCUT2D eigenvalue weighted by molar-refractivity contribution is 6.30. The fourth-order valence-corrected chi connectivity index (χ4v) is 3.08. The predicted molar refractivity (Wildman–Crippen MR) is 117 cm³/mol. The van der Waals surface area contributed by atoms with Crippen molar-refractivity contribution in [1.29, 1.82) is 0 Å². The van der Waals surface area contributed by atoms with Crippen molar-refractivity contribution in [1.82, 2.24) is 19.7 Å². The Bertz CT molecular complexity index is 1180. The van der Waals surface area contributed by atoms with Gasteiger partial charge in [-0.25, -0.2) is 4.79 Å². The van der Waals surface area contributed by atoms with Gasteiger partial charge in [-0.2, -0.15) is 9.78 Å². The van der Waals surface area contributed by atoms with Crippen molar-refractivity contribution in [2.45, 2.75) is 39.8 Å². The van der Waals surface area contributed by atoms with E-state index in [1.54, 1.807) is 36.4 Å². The van der Waals surface area contributed by atoms with E-state index in [1.807, 2.05) is 32.9 Å². The molecule has 30 heavy (non-hydrogen) atoms. The van der Waals surface area contributed by atoms with Gasteiger partial charge in [0, 0.05) is 11.1 Å². The van der Waals surface area contributed by atoms with Crippen LogP contribution in [-0.4, -0.2) is 26.3 Å². The molecule has 156 valence electrons. The van der Waals surface area contributed by atoms with Crippen LogP contribution in [0.3, 0.4) is 0 Å². The highest BCUT2D eigenvalue weighted by Crippen LogP contribution is 2.11. The normalized spacial score (nSPS) is 11.9. The molecule has 0 aliphatic heterocycles. The third-order valence-electron chi connectivity index (χ3n) is 4.77. The first-order valence-electron chi connectivity index (χ1n) is 9.66. The minimum atomic E-state index is -0.746. The molecule has 0 aliphatic rings. The van der Waals surface area contributed by atoms with Crippen LogP contribution in [0.15, 0.2) is 58.1 Å². The van der Waals surface area contributed by atoms with E-state index >= 15 is 0 Å². The number of benzene rings is 2. The highest BCUT2D eigenvalue weighted by Gasteiger charge is 2.21. The van der Waals surface area contributed by atoms with Gasteiger partial charge in [-0.15, -0.1) is 0 Å². The summed E-state index contributed by atoms with van der Waals surface area (Å²) in [6, 6.07) is 13.8. The zero-order chi connectivity index (χ0) is 21.8. The molecule has 3 aromatic rings. The van der Waals surface area contributed by atoms with Crippen molar-refractivity contribution in [3.05, 3.63) is 91.2 Å². The lowest BCUT2D eigenvalue weighted by Gasteiger charge is -2.14. The van der Waals surface area contributed by atoms with Crippen molar-refractivity contribution in [2.75, 3.05) is 0 Å². The Morgan fingerprint density at radius 1 is 1.17 bits per heavy atom. The number of hydrogen-bond acceptors (Lipinski definition) is 4. The van der Waals surface area contributed by atoms with E-state index in [4.69, 9.17) is 11.6 Å². The Balaban J connectivity index is 2.18. The molecule has 1 amide bonds. The fourth-order valence-electron chi connectivity index (χ4n) is 2.86. The lowest BCUT2D eigenvalue weighted by atomic mass is 10.2. The zero-order valence-corrected chi connectivity index (χ0v) is 17.8. The molecule has 1 aromatic heterocycles. The molecule has 0 spiro atoms. The second-order valence-corrected chi connectivity index (χ2v) is 7.62. The van der Waals surface area contributed by atoms with Crippen molar-refractivity contribution < 1.29 is 4.79 Å². The summed E-state index contributed by atoms with van der Waals surface area (Å²) in [6.07, 6.45) is 0.694. The number of nitrogens with one attached hydrogen (secondary N) is 1. The van der Waals surface area contributed by atoms with Gasteiger partial charge in [0.1, 0.15) is 0 Å². The third kappa shape index (κ3) is 4.68. The van der Waals surface area contributed by atoms with Crippen LogP contribution in [0, 0.1) is 6.92 Å². The number of rotatable bonds is 6. The monoisotopic (exact) mass is 426 g/mol.